The van der Waals surface area contributed by atoms with E-state index in [0.717, 1.165) is 14.9 Å². The van der Waals surface area contributed by atoms with Crippen molar-refractivity contribution in [3.63, 3.8) is 0 Å². The van der Waals surface area contributed by atoms with Crippen LogP contribution in [0.4, 0.5) is 5.69 Å². The largest absolute Gasteiger partial charge is 0.398 e. The molecule has 2 N–H and O–H groups in total. The van der Waals surface area contributed by atoms with Gasteiger partial charge in [0.25, 0.3) is 5.56 Å². The van der Waals surface area contributed by atoms with E-state index in [1.165, 1.54) is 11.3 Å². The van der Waals surface area contributed by atoms with Crippen molar-refractivity contribution in [2.45, 2.75) is 6.54 Å². The standard InChI is InChI=1S/C13H10BrN3OS/c14-11-8(2-1-3-10(11)15)6-17-7-16-12-9(13(17)18)4-5-19-12/h1-5,7H,6,15H2. The van der Waals surface area contributed by atoms with Crippen LogP contribution in [0.5, 0.6) is 0 Å². The molecule has 0 amide bonds. The maximum atomic E-state index is 12.3. The van der Waals surface area contributed by atoms with Gasteiger partial charge >= 0.3 is 0 Å². The maximum Gasteiger partial charge on any atom is 0.262 e. The maximum absolute atomic E-state index is 12.3. The Hall–Kier alpha value is -1.66. The molecule has 0 saturated carbocycles. The van der Waals surface area contributed by atoms with Crippen LogP contribution in [0.3, 0.4) is 0 Å². The zero-order valence-corrected chi connectivity index (χ0v) is 12.2. The Balaban J connectivity index is 2.08. The molecule has 0 aliphatic heterocycles. The van der Waals surface area contributed by atoms with E-state index in [-0.39, 0.29) is 5.56 Å². The van der Waals surface area contributed by atoms with E-state index in [1.807, 2.05) is 23.6 Å². The van der Waals surface area contributed by atoms with Crippen LogP contribution in [-0.2, 0) is 6.54 Å². The van der Waals surface area contributed by atoms with Crippen molar-refractivity contribution in [1.29, 1.82) is 0 Å². The summed E-state index contributed by atoms with van der Waals surface area (Å²) in [5.41, 5.74) is 7.43. The summed E-state index contributed by atoms with van der Waals surface area (Å²) in [6, 6.07) is 7.43. The lowest BCUT2D eigenvalue weighted by atomic mass is 10.2. The summed E-state index contributed by atoms with van der Waals surface area (Å²) in [6.45, 7) is 0.448. The number of aromatic nitrogens is 2. The van der Waals surface area contributed by atoms with Gasteiger partial charge in [-0.3, -0.25) is 9.36 Å². The zero-order valence-electron chi connectivity index (χ0n) is 9.84. The first kappa shape index (κ1) is 12.4. The highest BCUT2D eigenvalue weighted by Crippen LogP contribution is 2.24. The molecule has 4 nitrogen and oxygen atoms in total. The first-order valence-corrected chi connectivity index (χ1v) is 7.29. The first-order chi connectivity index (χ1) is 9.16. The molecule has 3 aromatic rings. The number of hydrogen-bond acceptors (Lipinski definition) is 4. The molecule has 3 rings (SSSR count). The molecule has 0 saturated heterocycles. The third-order valence-corrected chi connectivity index (χ3v) is 4.69. The Morgan fingerprint density at radius 2 is 2.21 bits per heavy atom. The van der Waals surface area contributed by atoms with Crippen molar-refractivity contribution in [2.24, 2.45) is 0 Å². The molecule has 96 valence electrons. The lowest BCUT2D eigenvalue weighted by Crippen LogP contribution is -2.20. The molecule has 0 unspecified atom stereocenters. The van der Waals surface area contributed by atoms with E-state index in [9.17, 15) is 4.79 Å². The minimum absolute atomic E-state index is 0.0272. The van der Waals surface area contributed by atoms with Gasteiger partial charge in [0.2, 0.25) is 0 Å². The fourth-order valence-corrected chi connectivity index (χ4v) is 3.02. The number of nitrogen functional groups attached to an aromatic ring is 1. The predicted octanol–water partition coefficient (Wildman–Crippen LogP) is 2.85. The van der Waals surface area contributed by atoms with Crippen LogP contribution < -0.4 is 11.3 Å². The molecule has 0 aliphatic carbocycles. The van der Waals surface area contributed by atoms with Gasteiger partial charge in [0.1, 0.15) is 4.83 Å². The van der Waals surface area contributed by atoms with Crippen LogP contribution in [0.15, 0.2) is 45.2 Å². The Bertz CT molecular complexity index is 809. The summed E-state index contributed by atoms with van der Waals surface area (Å²) in [4.78, 5) is 17.3. The number of nitrogens with zero attached hydrogens (tertiary/aromatic N) is 2. The van der Waals surface area contributed by atoms with Crippen molar-refractivity contribution in [3.05, 3.63) is 56.4 Å². The Morgan fingerprint density at radius 3 is 3.05 bits per heavy atom. The SMILES string of the molecule is Nc1cccc(Cn2cnc3sccc3c2=O)c1Br. The molecule has 1 aromatic carbocycles. The minimum atomic E-state index is -0.0272. The van der Waals surface area contributed by atoms with Gasteiger partial charge in [-0.25, -0.2) is 4.98 Å². The summed E-state index contributed by atoms with van der Waals surface area (Å²) in [5.74, 6) is 0. The molecular weight excluding hydrogens is 326 g/mol. The summed E-state index contributed by atoms with van der Waals surface area (Å²) in [5, 5.41) is 2.53. The van der Waals surface area contributed by atoms with Gasteiger partial charge in [0.05, 0.1) is 18.3 Å². The highest BCUT2D eigenvalue weighted by Gasteiger charge is 2.08. The van der Waals surface area contributed by atoms with Crippen LogP contribution in [0.2, 0.25) is 0 Å². The van der Waals surface area contributed by atoms with E-state index in [1.54, 1.807) is 17.0 Å². The van der Waals surface area contributed by atoms with Crippen molar-refractivity contribution < 1.29 is 0 Å². The highest BCUT2D eigenvalue weighted by molar-refractivity contribution is 9.10. The first-order valence-electron chi connectivity index (χ1n) is 5.62. The molecule has 0 atom stereocenters. The number of hydrogen-bond donors (Lipinski definition) is 1. The second-order valence-corrected chi connectivity index (χ2v) is 5.82. The molecule has 19 heavy (non-hydrogen) atoms. The molecule has 0 spiro atoms. The van der Waals surface area contributed by atoms with Gasteiger partial charge in [0.15, 0.2) is 0 Å². The Morgan fingerprint density at radius 1 is 1.37 bits per heavy atom. The molecule has 6 heteroatoms. The molecule has 0 radical (unpaired) electrons. The smallest absolute Gasteiger partial charge is 0.262 e. The number of anilines is 1. The van der Waals surface area contributed by atoms with Gasteiger partial charge in [-0.1, -0.05) is 12.1 Å². The summed E-state index contributed by atoms with van der Waals surface area (Å²) < 4.78 is 2.42. The lowest BCUT2D eigenvalue weighted by molar-refractivity contribution is 0.747. The molecular formula is C13H10BrN3OS. The topological polar surface area (TPSA) is 60.9 Å². The van der Waals surface area contributed by atoms with Crippen molar-refractivity contribution in [3.8, 4) is 0 Å². The van der Waals surface area contributed by atoms with Crippen LogP contribution in [0.25, 0.3) is 10.2 Å². The number of fused-ring (bicyclic) bond motifs is 1. The third kappa shape index (κ3) is 2.17. The molecule has 0 bridgehead atoms. The number of halogens is 1. The second-order valence-electron chi connectivity index (χ2n) is 4.14. The number of nitrogens with two attached hydrogens (primary N) is 1. The number of rotatable bonds is 2. The molecule has 0 aliphatic rings. The van der Waals surface area contributed by atoms with Crippen molar-refractivity contribution in [2.75, 3.05) is 5.73 Å². The number of thiophene rings is 1. The van der Waals surface area contributed by atoms with E-state index < -0.39 is 0 Å². The average Bonchev–Trinajstić information content (AvgIpc) is 2.87. The van der Waals surface area contributed by atoms with Crippen molar-refractivity contribution >= 4 is 43.2 Å². The van der Waals surface area contributed by atoms with E-state index >= 15 is 0 Å². The summed E-state index contributed by atoms with van der Waals surface area (Å²) >= 11 is 4.91. The van der Waals surface area contributed by atoms with Gasteiger partial charge in [-0.2, -0.15) is 0 Å². The van der Waals surface area contributed by atoms with Crippen LogP contribution in [0, 0.1) is 0 Å². The predicted molar refractivity (Wildman–Crippen MR) is 81.5 cm³/mol. The van der Waals surface area contributed by atoms with Crippen LogP contribution >= 0.6 is 27.3 Å². The van der Waals surface area contributed by atoms with Gasteiger partial charge in [-0.15, -0.1) is 11.3 Å². The summed E-state index contributed by atoms with van der Waals surface area (Å²) in [6.07, 6.45) is 1.58. The zero-order chi connectivity index (χ0) is 13.4. The lowest BCUT2D eigenvalue weighted by Gasteiger charge is -2.09. The second kappa shape index (κ2) is 4.79. The molecule has 0 fully saturated rings. The van der Waals surface area contributed by atoms with Gasteiger partial charge in [-0.05, 0) is 39.0 Å². The minimum Gasteiger partial charge on any atom is -0.398 e. The van der Waals surface area contributed by atoms with E-state index in [2.05, 4.69) is 20.9 Å². The van der Waals surface area contributed by atoms with Gasteiger partial charge < -0.3 is 5.73 Å². The third-order valence-electron chi connectivity index (χ3n) is 2.90. The monoisotopic (exact) mass is 335 g/mol. The van der Waals surface area contributed by atoms with Crippen molar-refractivity contribution in [1.82, 2.24) is 9.55 Å². The van der Waals surface area contributed by atoms with Gasteiger partial charge in [0, 0.05) is 10.2 Å². The summed E-state index contributed by atoms with van der Waals surface area (Å²) in [7, 11) is 0. The van der Waals surface area contributed by atoms with E-state index in [4.69, 9.17) is 5.73 Å². The van der Waals surface area contributed by atoms with Crippen LogP contribution in [0.1, 0.15) is 5.56 Å². The fourth-order valence-electron chi connectivity index (χ4n) is 1.91. The molecule has 2 aromatic heterocycles. The number of benzene rings is 1. The Labute approximate surface area is 121 Å². The normalized spacial score (nSPS) is 11.0. The van der Waals surface area contributed by atoms with E-state index in [0.29, 0.717) is 17.6 Å². The average molecular weight is 336 g/mol. The molecule has 2 heterocycles. The Kier molecular flexibility index (Phi) is 3.12. The fraction of sp³-hybridized carbons (Fsp3) is 0.0769. The highest BCUT2D eigenvalue weighted by atomic mass is 79.9. The quantitative estimate of drug-likeness (QED) is 0.732. The van der Waals surface area contributed by atoms with Crippen LogP contribution in [-0.4, -0.2) is 9.55 Å².